The zero-order chi connectivity index (χ0) is 16.9. The minimum absolute atomic E-state index is 0.110. The molecule has 6 heteroatoms. The van der Waals surface area contributed by atoms with Crippen molar-refractivity contribution in [2.24, 2.45) is 0 Å². The molecular weight excluding hydrogens is 320 g/mol. The van der Waals surface area contributed by atoms with Crippen LogP contribution >= 0.6 is 11.3 Å². The van der Waals surface area contributed by atoms with Gasteiger partial charge < -0.3 is 5.32 Å². The summed E-state index contributed by atoms with van der Waals surface area (Å²) in [6.45, 7) is 4.14. The van der Waals surface area contributed by atoms with Crippen LogP contribution in [-0.2, 0) is 0 Å². The van der Waals surface area contributed by atoms with Crippen LogP contribution in [0.1, 0.15) is 37.2 Å². The van der Waals surface area contributed by atoms with Gasteiger partial charge in [-0.25, -0.2) is 9.67 Å². The van der Waals surface area contributed by atoms with E-state index < -0.39 is 0 Å². The van der Waals surface area contributed by atoms with Gasteiger partial charge in [-0.1, -0.05) is 32.0 Å². The number of hydrogen-bond donors (Lipinski definition) is 1. The molecule has 1 aromatic carbocycles. The Balaban J connectivity index is 1.76. The van der Waals surface area contributed by atoms with Crippen molar-refractivity contribution >= 4 is 17.2 Å². The molecule has 0 aliphatic heterocycles. The third-order valence-corrected chi connectivity index (χ3v) is 4.80. The van der Waals surface area contributed by atoms with Crippen LogP contribution in [0.3, 0.4) is 0 Å². The van der Waals surface area contributed by atoms with Crippen LogP contribution in [0.5, 0.6) is 0 Å². The number of para-hydroxylation sites is 1. The van der Waals surface area contributed by atoms with Crippen molar-refractivity contribution in [1.82, 2.24) is 20.1 Å². The monoisotopic (exact) mass is 340 g/mol. The van der Waals surface area contributed by atoms with Gasteiger partial charge in [0.05, 0.1) is 11.9 Å². The first-order chi connectivity index (χ1) is 11.7. The normalized spacial score (nSPS) is 11.0. The topological polar surface area (TPSA) is 59.8 Å². The molecule has 5 nitrogen and oxygen atoms in total. The molecule has 0 saturated heterocycles. The van der Waals surface area contributed by atoms with Crippen molar-refractivity contribution in [3.63, 3.8) is 0 Å². The Kier molecular flexibility index (Phi) is 5.05. The van der Waals surface area contributed by atoms with E-state index in [2.05, 4.69) is 29.2 Å². The molecule has 1 amide bonds. The summed E-state index contributed by atoms with van der Waals surface area (Å²) in [5.41, 5.74) is 2.37. The predicted octanol–water partition coefficient (Wildman–Crippen LogP) is 3.91. The summed E-state index contributed by atoms with van der Waals surface area (Å²) in [7, 11) is 0. The Hall–Kier alpha value is -2.47. The van der Waals surface area contributed by atoms with Crippen LogP contribution in [0.2, 0.25) is 0 Å². The van der Waals surface area contributed by atoms with Gasteiger partial charge in [0.1, 0.15) is 10.7 Å². The highest BCUT2D eigenvalue weighted by Crippen LogP contribution is 2.24. The molecule has 124 valence electrons. The maximum Gasteiger partial charge on any atom is 0.270 e. The Morgan fingerprint density at radius 2 is 2.00 bits per heavy atom. The highest BCUT2D eigenvalue weighted by molar-refractivity contribution is 7.13. The maximum atomic E-state index is 12.3. The first-order valence-corrected chi connectivity index (χ1v) is 8.96. The van der Waals surface area contributed by atoms with Crippen LogP contribution < -0.4 is 5.32 Å². The van der Waals surface area contributed by atoms with Gasteiger partial charge in [0.15, 0.2) is 0 Å². The molecule has 0 spiro atoms. The fourth-order valence-electron chi connectivity index (χ4n) is 2.42. The van der Waals surface area contributed by atoms with Crippen molar-refractivity contribution in [3.05, 3.63) is 53.8 Å². The smallest absolute Gasteiger partial charge is 0.270 e. The second-order valence-corrected chi connectivity index (χ2v) is 6.39. The summed E-state index contributed by atoms with van der Waals surface area (Å²) in [5.74, 6) is -0.110. The average Bonchev–Trinajstić information content (AvgIpc) is 3.29. The SMILES string of the molecule is CCC(CC)NC(=O)c1csc(-c2cnn(-c3ccccc3)c2)n1. The van der Waals surface area contributed by atoms with E-state index in [1.54, 1.807) is 16.3 Å². The minimum Gasteiger partial charge on any atom is -0.348 e. The van der Waals surface area contributed by atoms with E-state index in [1.807, 2.05) is 36.5 Å². The summed E-state index contributed by atoms with van der Waals surface area (Å²) in [4.78, 5) is 16.7. The van der Waals surface area contributed by atoms with Gasteiger partial charge in [-0.15, -0.1) is 11.3 Å². The zero-order valence-corrected chi connectivity index (χ0v) is 14.6. The summed E-state index contributed by atoms with van der Waals surface area (Å²) >= 11 is 1.46. The second kappa shape index (κ2) is 7.40. The molecule has 0 aliphatic rings. The molecule has 0 aliphatic carbocycles. The Bertz CT molecular complexity index is 805. The van der Waals surface area contributed by atoms with Gasteiger partial charge in [-0.05, 0) is 25.0 Å². The van der Waals surface area contributed by atoms with E-state index in [0.717, 1.165) is 29.1 Å². The van der Waals surface area contributed by atoms with Crippen LogP contribution in [0.15, 0.2) is 48.1 Å². The minimum atomic E-state index is -0.110. The van der Waals surface area contributed by atoms with Crippen LogP contribution in [0, 0.1) is 0 Å². The number of aromatic nitrogens is 3. The number of amides is 1. The maximum absolute atomic E-state index is 12.3. The molecule has 0 radical (unpaired) electrons. The number of thiazole rings is 1. The average molecular weight is 340 g/mol. The molecule has 3 aromatic rings. The predicted molar refractivity (Wildman–Crippen MR) is 96.5 cm³/mol. The summed E-state index contributed by atoms with van der Waals surface area (Å²) in [6, 6.07) is 10.1. The zero-order valence-electron chi connectivity index (χ0n) is 13.8. The summed E-state index contributed by atoms with van der Waals surface area (Å²) < 4.78 is 1.81. The van der Waals surface area contributed by atoms with Crippen molar-refractivity contribution in [3.8, 4) is 16.3 Å². The molecule has 0 fully saturated rings. The van der Waals surface area contributed by atoms with Crippen LogP contribution in [-0.4, -0.2) is 26.7 Å². The molecule has 0 unspecified atom stereocenters. The lowest BCUT2D eigenvalue weighted by atomic mass is 10.2. The van der Waals surface area contributed by atoms with E-state index in [4.69, 9.17) is 0 Å². The molecule has 3 rings (SSSR count). The van der Waals surface area contributed by atoms with E-state index in [0.29, 0.717) is 5.69 Å². The number of rotatable bonds is 6. The molecule has 0 saturated carbocycles. The second-order valence-electron chi connectivity index (χ2n) is 5.53. The Labute approximate surface area is 145 Å². The lowest BCUT2D eigenvalue weighted by molar-refractivity contribution is 0.0930. The largest absolute Gasteiger partial charge is 0.348 e. The van der Waals surface area contributed by atoms with E-state index in [-0.39, 0.29) is 11.9 Å². The van der Waals surface area contributed by atoms with Crippen LogP contribution in [0.25, 0.3) is 16.3 Å². The van der Waals surface area contributed by atoms with Crippen molar-refractivity contribution < 1.29 is 4.79 Å². The standard InChI is InChI=1S/C18H20N4OS/c1-3-14(4-2)20-17(23)16-12-24-18(21-16)13-10-19-22(11-13)15-8-6-5-7-9-15/h5-12,14H,3-4H2,1-2H3,(H,20,23). The number of benzene rings is 1. The van der Waals surface area contributed by atoms with Gasteiger partial charge in [-0.2, -0.15) is 5.10 Å². The summed E-state index contributed by atoms with van der Waals surface area (Å²) in [5, 5.41) is 9.98. The number of carbonyl (C=O) groups is 1. The molecule has 24 heavy (non-hydrogen) atoms. The van der Waals surface area contributed by atoms with Crippen molar-refractivity contribution in [2.45, 2.75) is 32.7 Å². The molecule has 2 aromatic heterocycles. The van der Waals surface area contributed by atoms with Gasteiger partial charge in [-0.3, -0.25) is 4.79 Å². The fourth-order valence-corrected chi connectivity index (χ4v) is 3.19. The lowest BCUT2D eigenvalue weighted by Crippen LogP contribution is -2.33. The number of carbonyl (C=O) groups excluding carboxylic acids is 1. The van der Waals surface area contributed by atoms with Gasteiger partial charge >= 0.3 is 0 Å². The molecule has 0 bridgehead atoms. The molecule has 2 heterocycles. The highest BCUT2D eigenvalue weighted by atomic mass is 32.1. The van der Waals surface area contributed by atoms with Crippen molar-refractivity contribution in [2.75, 3.05) is 0 Å². The molecule has 1 N–H and O–H groups in total. The Morgan fingerprint density at radius 3 is 2.71 bits per heavy atom. The first-order valence-electron chi connectivity index (χ1n) is 8.08. The number of hydrogen-bond acceptors (Lipinski definition) is 4. The first kappa shape index (κ1) is 16.4. The van der Waals surface area contributed by atoms with Crippen LogP contribution in [0.4, 0.5) is 0 Å². The lowest BCUT2D eigenvalue weighted by Gasteiger charge is -2.13. The number of nitrogens with one attached hydrogen (secondary N) is 1. The molecular formula is C18H20N4OS. The highest BCUT2D eigenvalue weighted by Gasteiger charge is 2.15. The third kappa shape index (κ3) is 3.54. The third-order valence-electron chi connectivity index (χ3n) is 3.91. The summed E-state index contributed by atoms with van der Waals surface area (Å²) in [6.07, 6.45) is 5.54. The van der Waals surface area contributed by atoms with E-state index >= 15 is 0 Å². The van der Waals surface area contributed by atoms with Gasteiger partial charge in [0, 0.05) is 23.2 Å². The molecule has 0 atom stereocenters. The van der Waals surface area contributed by atoms with Crippen molar-refractivity contribution in [1.29, 1.82) is 0 Å². The van der Waals surface area contributed by atoms with Gasteiger partial charge in [0.25, 0.3) is 5.91 Å². The number of nitrogens with zero attached hydrogens (tertiary/aromatic N) is 3. The van der Waals surface area contributed by atoms with E-state index in [1.165, 1.54) is 11.3 Å². The van der Waals surface area contributed by atoms with Gasteiger partial charge in [0.2, 0.25) is 0 Å². The van der Waals surface area contributed by atoms with E-state index in [9.17, 15) is 4.79 Å². The Morgan fingerprint density at radius 1 is 1.25 bits per heavy atom. The fraction of sp³-hybridized carbons (Fsp3) is 0.278. The quantitative estimate of drug-likeness (QED) is 0.740.